The summed E-state index contributed by atoms with van der Waals surface area (Å²) in [4.78, 5) is 10.8. The van der Waals surface area contributed by atoms with Crippen molar-refractivity contribution in [2.45, 2.75) is 31.0 Å². The molecule has 0 radical (unpaired) electrons. The molecule has 1 N–H and O–H groups in total. The molecule has 21 heavy (non-hydrogen) atoms. The number of thioether (sulfide) groups is 1. The van der Waals surface area contributed by atoms with Crippen LogP contribution in [0.3, 0.4) is 0 Å². The van der Waals surface area contributed by atoms with Gasteiger partial charge in [-0.3, -0.25) is 9.36 Å². The molecule has 0 saturated heterocycles. The van der Waals surface area contributed by atoms with E-state index in [0.29, 0.717) is 17.1 Å². The Balaban J connectivity index is 1.95. The quantitative estimate of drug-likeness (QED) is 0.831. The molecule has 1 aliphatic carbocycles. The van der Waals surface area contributed by atoms with Crippen LogP contribution in [0.1, 0.15) is 25.8 Å². The highest BCUT2D eigenvalue weighted by atomic mass is 32.2. The van der Waals surface area contributed by atoms with Crippen LogP contribution in [-0.2, 0) is 4.79 Å². The van der Waals surface area contributed by atoms with Crippen LogP contribution in [-0.4, -0.2) is 31.6 Å². The Morgan fingerprint density at radius 1 is 1.38 bits per heavy atom. The Kier molecular flexibility index (Phi) is 3.96. The lowest BCUT2D eigenvalue weighted by atomic mass is 10.2. The van der Waals surface area contributed by atoms with Crippen molar-refractivity contribution < 1.29 is 9.90 Å². The summed E-state index contributed by atoms with van der Waals surface area (Å²) in [6, 6.07) is 10.3. The Hall–Kier alpha value is -1.82. The maximum Gasteiger partial charge on any atom is 0.313 e. The Bertz CT molecular complexity index is 642. The summed E-state index contributed by atoms with van der Waals surface area (Å²) >= 11 is 1.24. The van der Waals surface area contributed by atoms with Gasteiger partial charge >= 0.3 is 5.97 Å². The third kappa shape index (κ3) is 2.95. The van der Waals surface area contributed by atoms with Crippen LogP contribution in [0.4, 0.5) is 0 Å². The molecule has 2 aromatic rings. The van der Waals surface area contributed by atoms with Gasteiger partial charge in [-0.15, -0.1) is 10.2 Å². The number of carboxylic acids is 1. The number of nitrogens with zero attached hydrogens (tertiary/aromatic N) is 3. The SMILES string of the molecule is CCC1CC1n1c(SCC(=O)O)nnc1-c1ccccc1. The molecular weight excluding hydrogens is 286 g/mol. The maximum atomic E-state index is 10.8. The summed E-state index contributed by atoms with van der Waals surface area (Å²) < 4.78 is 2.12. The lowest BCUT2D eigenvalue weighted by Crippen LogP contribution is -2.04. The van der Waals surface area contributed by atoms with E-state index in [-0.39, 0.29) is 5.75 Å². The van der Waals surface area contributed by atoms with Gasteiger partial charge in [0.2, 0.25) is 0 Å². The van der Waals surface area contributed by atoms with Crippen LogP contribution >= 0.6 is 11.8 Å². The standard InChI is InChI=1S/C15H17N3O2S/c1-2-10-8-12(10)18-14(11-6-4-3-5-7-11)16-17-15(18)21-9-13(19)20/h3-7,10,12H,2,8-9H2,1H3,(H,19,20). The number of hydrogen-bond donors (Lipinski definition) is 1. The normalized spacial score (nSPS) is 20.4. The van der Waals surface area contributed by atoms with Crippen molar-refractivity contribution in [2.75, 3.05) is 5.75 Å². The smallest absolute Gasteiger partial charge is 0.313 e. The summed E-state index contributed by atoms with van der Waals surface area (Å²) in [6.07, 6.45) is 2.25. The van der Waals surface area contributed by atoms with E-state index in [1.807, 2.05) is 30.3 Å². The predicted molar refractivity (Wildman–Crippen MR) is 81.3 cm³/mol. The number of aromatic nitrogens is 3. The number of carbonyl (C=O) groups is 1. The molecule has 110 valence electrons. The van der Waals surface area contributed by atoms with Gasteiger partial charge < -0.3 is 5.11 Å². The van der Waals surface area contributed by atoms with Crippen LogP contribution in [0, 0.1) is 5.92 Å². The molecule has 1 fully saturated rings. The molecular formula is C15H17N3O2S. The van der Waals surface area contributed by atoms with Crippen LogP contribution in [0.15, 0.2) is 35.5 Å². The largest absolute Gasteiger partial charge is 0.481 e. The molecule has 2 atom stereocenters. The van der Waals surface area contributed by atoms with Gasteiger partial charge in [-0.2, -0.15) is 0 Å². The van der Waals surface area contributed by atoms with Crippen LogP contribution < -0.4 is 0 Å². The summed E-state index contributed by atoms with van der Waals surface area (Å²) in [5, 5.41) is 18.1. The first-order valence-electron chi connectivity index (χ1n) is 7.05. The molecule has 1 aliphatic rings. The number of benzene rings is 1. The second kappa shape index (κ2) is 5.89. The van der Waals surface area contributed by atoms with Gasteiger partial charge in [-0.25, -0.2) is 0 Å². The Morgan fingerprint density at radius 3 is 2.76 bits per heavy atom. The molecule has 1 heterocycles. The van der Waals surface area contributed by atoms with E-state index in [4.69, 9.17) is 5.11 Å². The average molecular weight is 303 g/mol. The molecule has 1 saturated carbocycles. The zero-order valence-electron chi connectivity index (χ0n) is 11.8. The van der Waals surface area contributed by atoms with Gasteiger partial charge in [0, 0.05) is 11.6 Å². The first-order valence-corrected chi connectivity index (χ1v) is 8.04. The fourth-order valence-corrected chi connectivity index (χ4v) is 3.28. The average Bonchev–Trinajstić information content (AvgIpc) is 3.16. The minimum Gasteiger partial charge on any atom is -0.481 e. The number of hydrogen-bond acceptors (Lipinski definition) is 4. The third-order valence-corrected chi connectivity index (χ3v) is 4.69. The Labute approximate surface area is 127 Å². The topological polar surface area (TPSA) is 68.0 Å². The molecule has 1 aromatic heterocycles. The van der Waals surface area contributed by atoms with Crippen molar-refractivity contribution >= 4 is 17.7 Å². The predicted octanol–water partition coefficient (Wildman–Crippen LogP) is 3.09. The summed E-state index contributed by atoms with van der Waals surface area (Å²) in [7, 11) is 0. The monoisotopic (exact) mass is 303 g/mol. The molecule has 5 nitrogen and oxygen atoms in total. The highest BCUT2D eigenvalue weighted by Crippen LogP contribution is 2.48. The van der Waals surface area contributed by atoms with E-state index in [1.54, 1.807) is 0 Å². The fraction of sp³-hybridized carbons (Fsp3) is 0.400. The maximum absolute atomic E-state index is 10.8. The molecule has 1 aromatic carbocycles. The first kappa shape index (κ1) is 14.1. The fourth-order valence-electron chi connectivity index (χ4n) is 2.57. The first-order chi connectivity index (χ1) is 10.2. The van der Waals surface area contributed by atoms with Gasteiger partial charge in [0.1, 0.15) is 0 Å². The summed E-state index contributed by atoms with van der Waals surface area (Å²) in [5.74, 6) is 0.659. The van der Waals surface area contributed by atoms with Crippen molar-refractivity contribution in [3.05, 3.63) is 30.3 Å². The number of aliphatic carboxylic acids is 1. The van der Waals surface area contributed by atoms with Crippen LogP contribution in [0.25, 0.3) is 11.4 Å². The zero-order chi connectivity index (χ0) is 14.8. The van der Waals surface area contributed by atoms with E-state index >= 15 is 0 Å². The molecule has 0 spiro atoms. The van der Waals surface area contributed by atoms with Crippen LogP contribution in [0.5, 0.6) is 0 Å². The van der Waals surface area contributed by atoms with Crippen molar-refractivity contribution in [1.29, 1.82) is 0 Å². The molecule has 6 heteroatoms. The zero-order valence-corrected chi connectivity index (χ0v) is 12.6. The van der Waals surface area contributed by atoms with Gasteiger partial charge in [-0.05, 0) is 12.3 Å². The number of rotatable bonds is 6. The molecule has 0 aliphatic heterocycles. The molecule has 0 amide bonds. The minimum atomic E-state index is -0.835. The summed E-state index contributed by atoms with van der Waals surface area (Å²) in [5.41, 5.74) is 1.02. The minimum absolute atomic E-state index is 0.0104. The molecule has 3 rings (SSSR count). The van der Waals surface area contributed by atoms with Gasteiger partial charge in [-0.1, -0.05) is 55.4 Å². The van der Waals surface area contributed by atoms with Gasteiger partial charge in [0.15, 0.2) is 11.0 Å². The van der Waals surface area contributed by atoms with Crippen molar-refractivity contribution in [3.8, 4) is 11.4 Å². The van der Waals surface area contributed by atoms with Crippen molar-refractivity contribution in [3.63, 3.8) is 0 Å². The van der Waals surface area contributed by atoms with E-state index < -0.39 is 5.97 Å². The lowest BCUT2D eigenvalue weighted by Gasteiger charge is -2.09. The van der Waals surface area contributed by atoms with Gasteiger partial charge in [0.05, 0.1) is 5.75 Å². The van der Waals surface area contributed by atoms with E-state index in [0.717, 1.165) is 24.2 Å². The highest BCUT2D eigenvalue weighted by Gasteiger charge is 2.40. The Morgan fingerprint density at radius 2 is 2.14 bits per heavy atom. The lowest BCUT2D eigenvalue weighted by molar-refractivity contribution is -0.133. The molecule has 2 unspecified atom stereocenters. The van der Waals surface area contributed by atoms with E-state index in [9.17, 15) is 4.79 Å². The van der Waals surface area contributed by atoms with Gasteiger partial charge in [0.25, 0.3) is 0 Å². The highest BCUT2D eigenvalue weighted by molar-refractivity contribution is 7.99. The second-order valence-corrected chi connectivity index (χ2v) is 6.14. The van der Waals surface area contributed by atoms with E-state index in [2.05, 4.69) is 21.7 Å². The van der Waals surface area contributed by atoms with Crippen molar-refractivity contribution in [1.82, 2.24) is 14.8 Å². The van der Waals surface area contributed by atoms with Crippen molar-refractivity contribution in [2.24, 2.45) is 5.92 Å². The third-order valence-electron chi connectivity index (χ3n) is 3.76. The number of carboxylic acid groups (broad SMARTS) is 1. The molecule has 0 bridgehead atoms. The van der Waals surface area contributed by atoms with Crippen LogP contribution in [0.2, 0.25) is 0 Å². The van der Waals surface area contributed by atoms with E-state index in [1.165, 1.54) is 11.8 Å². The second-order valence-electron chi connectivity index (χ2n) is 5.20. The summed E-state index contributed by atoms with van der Waals surface area (Å²) in [6.45, 7) is 2.18.